The summed E-state index contributed by atoms with van der Waals surface area (Å²) in [6.45, 7) is 1.93. The zero-order valence-electron chi connectivity index (χ0n) is 7.98. The second kappa shape index (κ2) is 4.66. The molecule has 0 spiro atoms. The van der Waals surface area contributed by atoms with Crippen molar-refractivity contribution in [1.82, 2.24) is 10.3 Å². The predicted octanol–water partition coefficient (Wildman–Crippen LogP) is 0.941. The number of rotatable bonds is 2. The summed E-state index contributed by atoms with van der Waals surface area (Å²) >= 11 is 0. The van der Waals surface area contributed by atoms with Crippen LogP contribution in [0.25, 0.3) is 0 Å². The van der Waals surface area contributed by atoms with Crippen LogP contribution >= 0.6 is 0 Å². The van der Waals surface area contributed by atoms with Gasteiger partial charge in [0.05, 0.1) is 16.0 Å². The molecule has 0 radical (unpaired) electrons. The summed E-state index contributed by atoms with van der Waals surface area (Å²) in [6, 6.07) is 3.68. The van der Waals surface area contributed by atoms with E-state index in [-0.39, 0.29) is 5.25 Å². The lowest BCUT2D eigenvalue weighted by atomic mass is 10.2. The molecule has 0 amide bonds. The van der Waals surface area contributed by atoms with E-state index in [1.807, 2.05) is 12.1 Å². The SMILES string of the molecule is O=S(c1ccncc1)C1CCCNC1. The number of pyridine rings is 1. The van der Waals surface area contributed by atoms with E-state index in [1.54, 1.807) is 12.4 Å². The molecule has 1 aliphatic heterocycles. The molecular formula is C10H14N2OS. The minimum absolute atomic E-state index is 0.270. The number of nitrogens with one attached hydrogen (secondary N) is 1. The molecule has 76 valence electrons. The average molecular weight is 210 g/mol. The summed E-state index contributed by atoms with van der Waals surface area (Å²) in [5, 5.41) is 3.55. The van der Waals surface area contributed by atoms with E-state index in [4.69, 9.17) is 0 Å². The van der Waals surface area contributed by atoms with Gasteiger partial charge in [-0.15, -0.1) is 0 Å². The van der Waals surface area contributed by atoms with Crippen LogP contribution in [0, 0.1) is 0 Å². The van der Waals surface area contributed by atoms with E-state index in [0.29, 0.717) is 0 Å². The maximum absolute atomic E-state index is 12.0. The zero-order chi connectivity index (χ0) is 9.80. The summed E-state index contributed by atoms with van der Waals surface area (Å²) < 4.78 is 12.0. The van der Waals surface area contributed by atoms with E-state index in [0.717, 1.165) is 30.8 Å². The highest BCUT2D eigenvalue weighted by atomic mass is 32.2. The Labute approximate surface area is 86.4 Å². The maximum Gasteiger partial charge on any atom is 0.0574 e. The Balaban J connectivity index is 2.07. The minimum Gasteiger partial charge on any atom is -0.316 e. The molecule has 0 aliphatic carbocycles. The van der Waals surface area contributed by atoms with Crippen LogP contribution in [-0.2, 0) is 10.8 Å². The summed E-state index contributed by atoms with van der Waals surface area (Å²) in [7, 11) is -0.872. The van der Waals surface area contributed by atoms with Crippen molar-refractivity contribution < 1.29 is 4.21 Å². The first-order valence-corrected chi connectivity index (χ1v) is 6.10. The average Bonchev–Trinajstić information content (AvgIpc) is 2.30. The monoisotopic (exact) mass is 210 g/mol. The van der Waals surface area contributed by atoms with Crippen LogP contribution in [0.1, 0.15) is 12.8 Å². The molecule has 0 saturated carbocycles. The van der Waals surface area contributed by atoms with Gasteiger partial charge in [0.1, 0.15) is 0 Å². The molecule has 1 fully saturated rings. The Kier molecular flexibility index (Phi) is 3.26. The maximum atomic E-state index is 12.0. The fourth-order valence-corrected chi connectivity index (χ4v) is 3.09. The molecule has 1 aromatic rings. The van der Waals surface area contributed by atoms with Crippen molar-refractivity contribution >= 4 is 10.8 Å². The van der Waals surface area contributed by atoms with Crippen LogP contribution < -0.4 is 5.32 Å². The summed E-state index contributed by atoms with van der Waals surface area (Å²) in [5.41, 5.74) is 0. The normalized spacial score (nSPS) is 24.4. The van der Waals surface area contributed by atoms with E-state index >= 15 is 0 Å². The molecular weight excluding hydrogens is 196 g/mol. The highest BCUT2D eigenvalue weighted by molar-refractivity contribution is 7.85. The van der Waals surface area contributed by atoms with Crippen molar-refractivity contribution in [3.05, 3.63) is 24.5 Å². The Morgan fingerprint density at radius 3 is 2.86 bits per heavy atom. The standard InChI is InChI=1S/C10H14N2OS/c13-14(9-3-6-11-7-4-9)10-2-1-5-12-8-10/h3-4,6-7,10,12H,1-2,5,8H2. The van der Waals surface area contributed by atoms with Gasteiger partial charge in [-0.1, -0.05) is 0 Å². The van der Waals surface area contributed by atoms with Gasteiger partial charge < -0.3 is 5.32 Å². The second-order valence-electron chi connectivity index (χ2n) is 3.45. The van der Waals surface area contributed by atoms with E-state index in [9.17, 15) is 4.21 Å². The Morgan fingerprint density at radius 1 is 1.43 bits per heavy atom. The van der Waals surface area contributed by atoms with Crippen molar-refractivity contribution in [3.63, 3.8) is 0 Å². The Morgan fingerprint density at radius 2 is 2.21 bits per heavy atom. The first kappa shape index (κ1) is 9.80. The molecule has 1 aromatic heterocycles. The van der Waals surface area contributed by atoms with Crippen molar-refractivity contribution in [1.29, 1.82) is 0 Å². The van der Waals surface area contributed by atoms with Crippen molar-refractivity contribution in [2.45, 2.75) is 23.0 Å². The zero-order valence-corrected chi connectivity index (χ0v) is 8.80. The third kappa shape index (κ3) is 2.19. The smallest absolute Gasteiger partial charge is 0.0574 e. The van der Waals surface area contributed by atoms with Crippen LogP contribution in [0.5, 0.6) is 0 Å². The Bertz CT molecular complexity index is 309. The van der Waals surface area contributed by atoms with E-state index in [2.05, 4.69) is 10.3 Å². The summed E-state index contributed by atoms with van der Waals surface area (Å²) in [5.74, 6) is 0. The van der Waals surface area contributed by atoms with Crippen LogP contribution in [0.4, 0.5) is 0 Å². The van der Waals surface area contributed by atoms with Gasteiger partial charge in [-0.25, -0.2) is 0 Å². The molecule has 0 bridgehead atoms. The van der Waals surface area contributed by atoms with E-state index in [1.165, 1.54) is 0 Å². The lowest BCUT2D eigenvalue weighted by Gasteiger charge is -2.21. The van der Waals surface area contributed by atoms with Gasteiger partial charge >= 0.3 is 0 Å². The molecule has 1 aliphatic rings. The molecule has 0 aromatic carbocycles. The quantitative estimate of drug-likeness (QED) is 0.790. The van der Waals surface area contributed by atoms with Gasteiger partial charge in [0.2, 0.25) is 0 Å². The third-order valence-corrected chi connectivity index (χ3v) is 4.18. The summed E-state index contributed by atoms with van der Waals surface area (Å²) in [4.78, 5) is 4.82. The summed E-state index contributed by atoms with van der Waals surface area (Å²) in [6.07, 6.45) is 5.58. The molecule has 14 heavy (non-hydrogen) atoms. The lowest BCUT2D eigenvalue weighted by Crippen LogP contribution is -2.36. The Hall–Kier alpha value is -0.740. The molecule has 3 nitrogen and oxygen atoms in total. The van der Waals surface area contributed by atoms with Crippen LogP contribution in [0.15, 0.2) is 29.4 Å². The fraction of sp³-hybridized carbons (Fsp3) is 0.500. The number of piperidine rings is 1. The highest BCUT2D eigenvalue weighted by Crippen LogP contribution is 2.15. The van der Waals surface area contributed by atoms with Gasteiger partial charge in [0.25, 0.3) is 0 Å². The van der Waals surface area contributed by atoms with Gasteiger partial charge in [0.15, 0.2) is 0 Å². The van der Waals surface area contributed by atoms with Crippen LogP contribution in [0.2, 0.25) is 0 Å². The van der Waals surface area contributed by atoms with Crippen molar-refractivity contribution in [2.24, 2.45) is 0 Å². The molecule has 2 unspecified atom stereocenters. The largest absolute Gasteiger partial charge is 0.316 e. The number of aromatic nitrogens is 1. The lowest BCUT2D eigenvalue weighted by molar-refractivity contribution is 0.519. The van der Waals surface area contributed by atoms with Crippen LogP contribution in [0.3, 0.4) is 0 Å². The fourth-order valence-electron chi connectivity index (χ4n) is 1.67. The van der Waals surface area contributed by atoms with Gasteiger partial charge in [-0.2, -0.15) is 0 Å². The first-order valence-electron chi connectivity index (χ1n) is 4.89. The molecule has 2 atom stereocenters. The highest BCUT2D eigenvalue weighted by Gasteiger charge is 2.20. The molecule has 2 heterocycles. The second-order valence-corrected chi connectivity index (χ2v) is 5.18. The third-order valence-electron chi connectivity index (χ3n) is 2.44. The number of hydrogen-bond donors (Lipinski definition) is 1. The van der Waals surface area contributed by atoms with Gasteiger partial charge in [-0.05, 0) is 31.5 Å². The van der Waals surface area contributed by atoms with Crippen molar-refractivity contribution in [2.75, 3.05) is 13.1 Å². The van der Waals surface area contributed by atoms with Crippen LogP contribution in [-0.4, -0.2) is 27.5 Å². The number of hydrogen-bond acceptors (Lipinski definition) is 3. The predicted molar refractivity (Wildman–Crippen MR) is 56.5 cm³/mol. The topological polar surface area (TPSA) is 42.0 Å². The molecule has 4 heteroatoms. The first-order chi connectivity index (χ1) is 6.88. The molecule has 1 saturated heterocycles. The number of nitrogens with zero attached hydrogens (tertiary/aromatic N) is 1. The van der Waals surface area contributed by atoms with Gasteiger partial charge in [-0.3, -0.25) is 9.19 Å². The van der Waals surface area contributed by atoms with Gasteiger partial charge in [0, 0.05) is 23.8 Å². The molecule has 2 rings (SSSR count). The minimum atomic E-state index is -0.872. The molecule has 1 N–H and O–H groups in total. The van der Waals surface area contributed by atoms with E-state index < -0.39 is 10.8 Å². The van der Waals surface area contributed by atoms with Crippen molar-refractivity contribution in [3.8, 4) is 0 Å².